The van der Waals surface area contributed by atoms with Crippen LogP contribution < -0.4 is 19.7 Å². The normalized spacial score (nSPS) is 17.3. The van der Waals surface area contributed by atoms with Crippen LogP contribution in [-0.4, -0.2) is 32.1 Å². The Bertz CT molecular complexity index is 835. The van der Waals surface area contributed by atoms with Gasteiger partial charge in [0, 0.05) is 24.2 Å². The molecule has 0 bridgehead atoms. The van der Waals surface area contributed by atoms with Gasteiger partial charge in [-0.25, -0.2) is 0 Å². The summed E-state index contributed by atoms with van der Waals surface area (Å²) in [5.74, 6) is 0.942. The van der Waals surface area contributed by atoms with Gasteiger partial charge in [-0.3, -0.25) is 9.59 Å². The molecule has 2 atom stereocenters. The molecule has 2 amide bonds. The minimum absolute atomic E-state index is 0.0470. The van der Waals surface area contributed by atoms with Gasteiger partial charge >= 0.3 is 0 Å². The molecule has 2 aromatic rings. The van der Waals surface area contributed by atoms with E-state index in [1.165, 1.54) is 0 Å². The van der Waals surface area contributed by atoms with E-state index >= 15 is 0 Å². The summed E-state index contributed by atoms with van der Waals surface area (Å²) in [4.78, 5) is 26.9. The predicted octanol–water partition coefficient (Wildman–Crippen LogP) is 3.32. The highest BCUT2D eigenvalue weighted by Gasteiger charge is 2.35. The van der Waals surface area contributed by atoms with Gasteiger partial charge in [0.05, 0.1) is 25.7 Å². The number of hydrogen-bond acceptors (Lipinski definition) is 4. The molecule has 1 saturated heterocycles. The van der Waals surface area contributed by atoms with Crippen LogP contribution in [0.2, 0.25) is 0 Å². The van der Waals surface area contributed by atoms with Crippen molar-refractivity contribution in [2.45, 2.75) is 26.3 Å². The maximum Gasteiger partial charge on any atom is 0.227 e. The van der Waals surface area contributed by atoms with Gasteiger partial charge in [-0.1, -0.05) is 18.2 Å². The van der Waals surface area contributed by atoms with Crippen LogP contribution in [0.25, 0.3) is 0 Å². The lowest BCUT2D eigenvalue weighted by Crippen LogP contribution is -2.34. The average Bonchev–Trinajstić information content (AvgIpc) is 3.10. The molecule has 1 aliphatic rings. The monoisotopic (exact) mass is 382 g/mol. The van der Waals surface area contributed by atoms with Crippen LogP contribution in [0.3, 0.4) is 0 Å². The number of amides is 2. The largest absolute Gasteiger partial charge is 0.496 e. The van der Waals surface area contributed by atoms with Crippen molar-refractivity contribution in [2.24, 2.45) is 5.92 Å². The Morgan fingerprint density at radius 1 is 1.21 bits per heavy atom. The van der Waals surface area contributed by atoms with Crippen LogP contribution in [0.4, 0.5) is 5.69 Å². The van der Waals surface area contributed by atoms with Gasteiger partial charge < -0.3 is 19.7 Å². The van der Waals surface area contributed by atoms with Crippen LogP contribution in [-0.2, 0) is 9.59 Å². The van der Waals surface area contributed by atoms with Gasteiger partial charge in [0.1, 0.15) is 11.5 Å². The number of carbonyl (C=O) groups excluding carboxylic acids is 2. The van der Waals surface area contributed by atoms with Crippen molar-refractivity contribution in [3.63, 3.8) is 0 Å². The number of benzene rings is 2. The summed E-state index contributed by atoms with van der Waals surface area (Å²) in [6, 6.07) is 14.8. The van der Waals surface area contributed by atoms with E-state index in [1.54, 1.807) is 12.0 Å². The molecular formula is C22H26N2O4. The van der Waals surface area contributed by atoms with E-state index < -0.39 is 0 Å². The Labute approximate surface area is 165 Å². The van der Waals surface area contributed by atoms with Gasteiger partial charge in [-0.2, -0.15) is 0 Å². The number of rotatable bonds is 7. The Hall–Kier alpha value is -3.02. The molecule has 0 radical (unpaired) electrons. The number of anilines is 1. The number of nitrogens with one attached hydrogen (secondary N) is 1. The molecule has 0 spiro atoms. The van der Waals surface area contributed by atoms with E-state index in [0.29, 0.717) is 13.2 Å². The van der Waals surface area contributed by atoms with E-state index in [2.05, 4.69) is 5.32 Å². The fourth-order valence-electron chi connectivity index (χ4n) is 3.45. The van der Waals surface area contributed by atoms with Crippen molar-refractivity contribution < 1.29 is 19.1 Å². The first-order valence-corrected chi connectivity index (χ1v) is 9.50. The van der Waals surface area contributed by atoms with Crippen LogP contribution in [0, 0.1) is 5.92 Å². The molecule has 1 aliphatic heterocycles. The molecule has 3 rings (SSSR count). The summed E-state index contributed by atoms with van der Waals surface area (Å²) in [5, 5.41) is 3.01. The van der Waals surface area contributed by atoms with Crippen LogP contribution >= 0.6 is 0 Å². The molecule has 0 saturated carbocycles. The first kappa shape index (κ1) is 19.7. The second-order valence-electron chi connectivity index (χ2n) is 6.80. The number of nitrogens with zero attached hydrogens (tertiary/aromatic N) is 1. The first-order chi connectivity index (χ1) is 13.5. The smallest absolute Gasteiger partial charge is 0.227 e. The third-order valence-electron chi connectivity index (χ3n) is 4.92. The van der Waals surface area contributed by atoms with E-state index in [4.69, 9.17) is 9.47 Å². The number of hydrogen-bond donors (Lipinski definition) is 1. The van der Waals surface area contributed by atoms with Gasteiger partial charge in [0.15, 0.2) is 0 Å². The Morgan fingerprint density at radius 2 is 1.93 bits per heavy atom. The Morgan fingerprint density at radius 3 is 2.61 bits per heavy atom. The zero-order chi connectivity index (χ0) is 20.1. The molecular weight excluding hydrogens is 356 g/mol. The highest BCUT2D eigenvalue weighted by atomic mass is 16.5. The lowest BCUT2D eigenvalue weighted by atomic mass is 10.0. The van der Waals surface area contributed by atoms with Crippen LogP contribution in [0.15, 0.2) is 48.5 Å². The highest BCUT2D eigenvalue weighted by Crippen LogP contribution is 2.29. The molecule has 1 heterocycles. The molecule has 2 aromatic carbocycles. The Balaban J connectivity index is 1.64. The fraction of sp³-hybridized carbons (Fsp3) is 0.364. The van der Waals surface area contributed by atoms with Crippen molar-refractivity contribution in [3.8, 4) is 11.5 Å². The molecule has 0 aliphatic carbocycles. The summed E-state index contributed by atoms with van der Waals surface area (Å²) in [6.07, 6.45) is 0.206. The second kappa shape index (κ2) is 8.78. The lowest BCUT2D eigenvalue weighted by Gasteiger charge is -2.20. The molecule has 6 nitrogen and oxygen atoms in total. The van der Waals surface area contributed by atoms with Crippen LogP contribution in [0.5, 0.6) is 11.5 Å². The maximum absolute atomic E-state index is 12.7. The SMILES string of the molecule is CCOc1ccc(N2C[C@H](C(=O)N[C@H](C)c3ccccc3OC)CC2=O)cc1. The van der Waals surface area contributed by atoms with E-state index in [1.807, 2.05) is 62.4 Å². The van der Waals surface area contributed by atoms with Gasteiger partial charge in [0.2, 0.25) is 11.8 Å². The van der Waals surface area contributed by atoms with Crippen molar-refractivity contribution in [2.75, 3.05) is 25.2 Å². The van der Waals surface area contributed by atoms with Crippen molar-refractivity contribution in [1.29, 1.82) is 0 Å². The maximum atomic E-state index is 12.7. The molecule has 0 aromatic heterocycles. The summed E-state index contributed by atoms with van der Waals surface area (Å²) in [6.45, 7) is 4.80. The number of methoxy groups -OCH3 is 1. The average molecular weight is 382 g/mol. The number of ether oxygens (including phenoxy) is 2. The molecule has 28 heavy (non-hydrogen) atoms. The molecule has 6 heteroatoms. The van der Waals surface area contributed by atoms with Crippen molar-refractivity contribution >= 4 is 17.5 Å². The standard InChI is InChI=1S/C22H26N2O4/c1-4-28-18-11-9-17(10-12-18)24-14-16(13-21(24)25)22(26)23-15(2)19-7-5-6-8-20(19)27-3/h5-12,15-16H,4,13-14H2,1-3H3,(H,23,26)/t15-,16-/m1/s1. The molecule has 1 fully saturated rings. The van der Waals surface area contributed by atoms with E-state index in [0.717, 1.165) is 22.7 Å². The summed E-state index contributed by atoms with van der Waals surface area (Å²) in [5.41, 5.74) is 1.69. The lowest BCUT2D eigenvalue weighted by molar-refractivity contribution is -0.126. The Kier molecular flexibility index (Phi) is 6.19. The first-order valence-electron chi connectivity index (χ1n) is 9.50. The molecule has 148 valence electrons. The van der Waals surface area contributed by atoms with E-state index in [-0.39, 0.29) is 30.2 Å². The summed E-state index contributed by atoms with van der Waals surface area (Å²) < 4.78 is 10.8. The summed E-state index contributed by atoms with van der Waals surface area (Å²) >= 11 is 0. The van der Waals surface area contributed by atoms with Crippen molar-refractivity contribution in [1.82, 2.24) is 5.32 Å². The predicted molar refractivity (Wildman–Crippen MR) is 108 cm³/mol. The number of para-hydroxylation sites is 1. The summed E-state index contributed by atoms with van der Waals surface area (Å²) in [7, 11) is 1.61. The third kappa shape index (κ3) is 4.27. The van der Waals surface area contributed by atoms with Gasteiger partial charge in [-0.15, -0.1) is 0 Å². The minimum atomic E-state index is -0.378. The topological polar surface area (TPSA) is 67.9 Å². The quantitative estimate of drug-likeness (QED) is 0.798. The fourth-order valence-corrected chi connectivity index (χ4v) is 3.45. The second-order valence-corrected chi connectivity index (χ2v) is 6.80. The third-order valence-corrected chi connectivity index (χ3v) is 4.92. The zero-order valence-electron chi connectivity index (χ0n) is 16.5. The number of carbonyl (C=O) groups is 2. The van der Waals surface area contributed by atoms with Crippen molar-refractivity contribution in [3.05, 3.63) is 54.1 Å². The molecule has 1 N–H and O–H groups in total. The minimum Gasteiger partial charge on any atom is -0.496 e. The van der Waals surface area contributed by atoms with Gasteiger partial charge in [0.25, 0.3) is 0 Å². The van der Waals surface area contributed by atoms with E-state index in [9.17, 15) is 9.59 Å². The molecule has 0 unspecified atom stereocenters. The van der Waals surface area contributed by atoms with Gasteiger partial charge in [-0.05, 0) is 44.2 Å². The zero-order valence-corrected chi connectivity index (χ0v) is 16.5. The van der Waals surface area contributed by atoms with Crippen LogP contribution in [0.1, 0.15) is 31.9 Å². The highest BCUT2D eigenvalue weighted by molar-refractivity contribution is 6.00.